The molecule has 2 N–H and O–H groups in total. The van der Waals surface area contributed by atoms with Gasteiger partial charge >= 0.3 is 12.0 Å². The van der Waals surface area contributed by atoms with Crippen LogP contribution in [0.15, 0.2) is 18.3 Å². The molecule has 21 heavy (non-hydrogen) atoms. The lowest BCUT2D eigenvalue weighted by molar-refractivity contribution is -0.136. The standard InChI is InChI=1S/C14H19N3O4/c1-21-12-4-6-17(7-5-12)14(20)16-11-3-2-10(15-9-11)8-13(18)19/h2-3,9,12H,4-8H2,1H3,(H,16,20)(H,18,19). The number of aromatic nitrogens is 1. The van der Waals surface area contributed by atoms with E-state index in [0.717, 1.165) is 12.8 Å². The molecule has 1 fully saturated rings. The molecule has 2 rings (SSSR count). The average Bonchev–Trinajstić information content (AvgIpc) is 2.49. The Morgan fingerprint density at radius 3 is 2.67 bits per heavy atom. The minimum atomic E-state index is -0.930. The maximum Gasteiger partial charge on any atom is 0.321 e. The number of carbonyl (C=O) groups excluding carboxylic acids is 1. The van der Waals surface area contributed by atoms with Gasteiger partial charge in [0, 0.05) is 20.2 Å². The molecule has 1 aliphatic rings. The van der Waals surface area contributed by atoms with Crippen LogP contribution < -0.4 is 5.32 Å². The molecule has 7 nitrogen and oxygen atoms in total. The highest BCUT2D eigenvalue weighted by Gasteiger charge is 2.22. The minimum Gasteiger partial charge on any atom is -0.481 e. The van der Waals surface area contributed by atoms with E-state index in [1.165, 1.54) is 6.20 Å². The van der Waals surface area contributed by atoms with E-state index in [2.05, 4.69) is 10.3 Å². The summed E-state index contributed by atoms with van der Waals surface area (Å²) in [6.45, 7) is 1.32. The molecule has 1 aromatic rings. The van der Waals surface area contributed by atoms with Crippen LogP contribution in [-0.4, -0.2) is 53.3 Å². The maximum atomic E-state index is 12.1. The van der Waals surface area contributed by atoms with E-state index < -0.39 is 5.97 Å². The maximum absolute atomic E-state index is 12.1. The Morgan fingerprint density at radius 2 is 2.14 bits per heavy atom. The van der Waals surface area contributed by atoms with Gasteiger partial charge in [0.05, 0.1) is 30.1 Å². The molecule has 114 valence electrons. The number of carbonyl (C=O) groups is 2. The molecule has 2 heterocycles. The third kappa shape index (κ3) is 4.42. The lowest BCUT2D eigenvalue weighted by atomic mass is 10.1. The monoisotopic (exact) mass is 293 g/mol. The molecule has 0 radical (unpaired) electrons. The fraction of sp³-hybridized carbons (Fsp3) is 0.500. The highest BCUT2D eigenvalue weighted by atomic mass is 16.5. The summed E-state index contributed by atoms with van der Waals surface area (Å²) in [6.07, 6.45) is 3.24. The first-order chi connectivity index (χ1) is 10.1. The van der Waals surface area contributed by atoms with Crippen molar-refractivity contribution in [3.8, 4) is 0 Å². The third-order valence-corrected chi connectivity index (χ3v) is 3.47. The predicted octanol–water partition coefficient (Wildman–Crippen LogP) is 1.35. The van der Waals surface area contributed by atoms with Gasteiger partial charge in [0.1, 0.15) is 0 Å². The number of piperidine rings is 1. The number of pyridine rings is 1. The van der Waals surface area contributed by atoms with Crippen LogP contribution in [0.3, 0.4) is 0 Å². The Kier molecular flexibility index (Phi) is 5.10. The molecule has 0 bridgehead atoms. The van der Waals surface area contributed by atoms with Gasteiger partial charge in [-0.05, 0) is 25.0 Å². The fourth-order valence-corrected chi connectivity index (χ4v) is 2.26. The second kappa shape index (κ2) is 7.03. The van der Waals surface area contributed by atoms with Gasteiger partial charge in [-0.15, -0.1) is 0 Å². The number of hydrogen-bond acceptors (Lipinski definition) is 4. The van der Waals surface area contributed by atoms with Gasteiger partial charge in [-0.2, -0.15) is 0 Å². The van der Waals surface area contributed by atoms with E-state index in [1.807, 2.05) is 0 Å². The van der Waals surface area contributed by atoms with Gasteiger partial charge in [-0.25, -0.2) is 4.79 Å². The van der Waals surface area contributed by atoms with Gasteiger partial charge in [-0.1, -0.05) is 0 Å². The number of anilines is 1. The number of nitrogens with zero attached hydrogens (tertiary/aromatic N) is 2. The first-order valence-electron chi connectivity index (χ1n) is 6.84. The average molecular weight is 293 g/mol. The zero-order valence-electron chi connectivity index (χ0n) is 11.9. The summed E-state index contributed by atoms with van der Waals surface area (Å²) in [4.78, 5) is 28.4. The molecular formula is C14H19N3O4. The molecule has 0 atom stereocenters. The van der Waals surface area contributed by atoms with Crippen LogP contribution in [0, 0.1) is 0 Å². The van der Waals surface area contributed by atoms with Gasteiger partial charge in [0.15, 0.2) is 0 Å². The molecule has 1 saturated heterocycles. The summed E-state index contributed by atoms with van der Waals surface area (Å²) in [5, 5.41) is 11.4. The van der Waals surface area contributed by atoms with Crippen molar-refractivity contribution in [3.63, 3.8) is 0 Å². The second-order valence-corrected chi connectivity index (χ2v) is 4.96. The number of rotatable bonds is 4. The zero-order chi connectivity index (χ0) is 15.2. The lowest BCUT2D eigenvalue weighted by Gasteiger charge is -2.31. The lowest BCUT2D eigenvalue weighted by Crippen LogP contribution is -2.42. The number of aliphatic carboxylic acids is 1. The van der Waals surface area contributed by atoms with Crippen molar-refractivity contribution in [2.24, 2.45) is 0 Å². The Balaban J connectivity index is 1.86. The Labute approximate surface area is 122 Å². The molecule has 0 spiro atoms. The molecule has 0 saturated carbocycles. The molecule has 7 heteroatoms. The first-order valence-corrected chi connectivity index (χ1v) is 6.84. The molecule has 0 aliphatic carbocycles. The van der Waals surface area contributed by atoms with Crippen LogP contribution in [0.2, 0.25) is 0 Å². The summed E-state index contributed by atoms with van der Waals surface area (Å²) in [5.41, 5.74) is 1.02. The molecule has 2 amide bonds. The number of likely N-dealkylation sites (tertiary alicyclic amines) is 1. The van der Waals surface area contributed by atoms with Crippen LogP contribution in [-0.2, 0) is 16.0 Å². The number of hydrogen-bond donors (Lipinski definition) is 2. The van der Waals surface area contributed by atoms with Crippen LogP contribution in [0.4, 0.5) is 10.5 Å². The van der Waals surface area contributed by atoms with Crippen LogP contribution in [0.5, 0.6) is 0 Å². The number of carboxylic acid groups (broad SMARTS) is 1. The summed E-state index contributed by atoms with van der Waals surface area (Å²) < 4.78 is 5.27. The number of nitrogens with one attached hydrogen (secondary N) is 1. The van der Waals surface area contributed by atoms with Gasteiger partial charge < -0.3 is 20.1 Å². The topological polar surface area (TPSA) is 91.8 Å². The fourth-order valence-electron chi connectivity index (χ4n) is 2.26. The zero-order valence-corrected chi connectivity index (χ0v) is 11.9. The van der Waals surface area contributed by atoms with Crippen LogP contribution in [0.1, 0.15) is 18.5 Å². The SMILES string of the molecule is COC1CCN(C(=O)Nc2ccc(CC(=O)O)nc2)CC1. The van der Waals surface area contributed by atoms with Crippen LogP contribution >= 0.6 is 0 Å². The van der Waals surface area contributed by atoms with Crippen LogP contribution in [0.25, 0.3) is 0 Å². The van der Waals surface area contributed by atoms with Crippen molar-refractivity contribution < 1.29 is 19.4 Å². The number of urea groups is 1. The smallest absolute Gasteiger partial charge is 0.321 e. The highest BCUT2D eigenvalue weighted by Crippen LogP contribution is 2.15. The minimum absolute atomic E-state index is 0.126. The van der Waals surface area contributed by atoms with E-state index in [1.54, 1.807) is 24.1 Å². The Bertz CT molecular complexity index is 495. The second-order valence-electron chi connectivity index (χ2n) is 4.96. The number of ether oxygens (including phenoxy) is 1. The van der Waals surface area contributed by atoms with Crippen molar-refractivity contribution in [2.45, 2.75) is 25.4 Å². The van der Waals surface area contributed by atoms with E-state index in [4.69, 9.17) is 9.84 Å². The third-order valence-electron chi connectivity index (χ3n) is 3.47. The molecule has 0 unspecified atom stereocenters. The molecular weight excluding hydrogens is 274 g/mol. The Hall–Kier alpha value is -2.15. The quantitative estimate of drug-likeness (QED) is 0.874. The predicted molar refractivity (Wildman–Crippen MR) is 76.2 cm³/mol. The first kappa shape index (κ1) is 15.2. The van der Waals surface area contributed by atoms with Crippen molar-refractivity contribution in [3.05, 3.63) is 24.0 Å². The number of carboxylic acids is 1. The van der Waals surface area contributed by atoms with Gasteiger partial charge in [-0.3, -0.25) is 9.78 Å². The van der Waals surface area contributed by atoms with Gasteiger partial charge in [0.2, 0.25) is 0 Å². The van der Waals surface area contributed by atoms with Crippen molar-refractivity contribution in [2.75, 3.05) is 25.5 Å². The van der Waals surface area contributed by atoms with E-state index in [-0.39, 0.29) is 18.6 Å². The van der Waals surface area contributed by atoms with Crippen molar-refractivity contribution >= 4 is 17.7 Å². The summed E-state index contributed by atoms with van der Waals surface area (Å²) in [7, 11) is 1.69. The number of methoxy groups -OCH3 is 1. The van der Waals surface area contributed by atoms with E-state index in [9.17, 15) is 9.59 Å². The molecule has 1 aliphatic heterocycles. The Morgan fingerprint density at radius 1 is 1.43 bits per heavy atom. The summed E-state index contributed by atoms with van der Waals surface area (Å²) in [5.74, 6) is -0.930. The normalized spacial score (nSPS) is 15.8. The summed E-state index contributed by atoms with van der Waals surface area (Å²) >= 11 is 0. The van der Waals surface area contributed by atoms with Crippen molar-refractivity contribution in [1.29, 1.82) is 0 Å². The highest BCUT2D eigenvalue weighted by molar-refractivity contribution is 5.89. The number of amides is 2. The van der Waals surface area contributed by atoms with E-state index >= 15 is 0 Å². The largest absolute Gasteiger partial charge is 0.481 e. The molecule has 1 aromatic heterocycles. The van der Waals surface area contributed by atoms with E-state index in [0.29, 0.717) is 24.5 Å². The van der Waals surface area contributed by atoms with Crippen molar-refractivity contribution in [1.82, 2.24) is 9.88 Å². The van der Waals surface area contributed by atoms with Gasteiger partial charge in [0.25, 0.3) is 0 Å². The molecule has 0 aromatic carbocycles. The summed E-state index contributed by atoms with van der Waals surface area (Å²) in [6, 6.07) is 3.09.